The number of carbonyl (C=O) groups excluding carboxylic acids is 3. The third-order valence-corrected chi connectivity index (χ3v) is 4.83. The summed E-state index contributed by atoms with van der Waals surface area (Å²) in [7, 11) is 0. The van der Waals surface area contributed by atoms with Crippen molar-refractivity contribution < 1.29 is 14.4 Å². The van der Waals surface area contributed by atoms with Gasteiger partial charge in [-0.25, -0.2) is 0 Å². The van der Waals surface area contributed by atoms with Crippen molar-refractivity contribution in [3.63, 3.8) is 0 Å². The Morgan fingerprint density at radius 3 is 2.62 bits per heavy atom. The highest BCUT2D eigenvalue weighted by Crippen LogP contribution is 2.26. The van der Waals surface area contributed by atoms with E-state index in [9.17, 15) is 14.4 Å². The first-order valence-electron chi connectivity index (χ1n) is 8.54. The topological polar surface area (TPSA) is 66.5 Å². The number of nitrogens with zero attached hydrogens (tertiary/aromatic N) is 1. The number of carbonyl (C=O) groups is 3. The maximum Gasteiger partial charge on any atom is 0.261 e. The van der Waals surface area contributed by atoms with Crippen LogP contribution in [0.3, 0.4) is 0 Å². The first-order chi connectivity index (χ1) is 12.5. The number of benzene rings is 2. The maximum atomic E-state index is 12.4. The Hall–Kier alpha value is -2.47. The first-order valence-corrected chi connectivity index (χ1v) is 9.33. The summed E-state index contributed by atoms with van der Waals surface area (Å²) >= 11 is 3.31. The van der Waals surface area contributed by atoms with Gasteiger partial charge in [0, 0.05) is 23.1 Å². The minimum atomic E-state index is -0.303. The molecule has 26 heavy (non-hydrogen) atoms. The van der Waals surface area contributed by atoms with E-state index in [4.69, 9.17) is 0 Å². The Balaban J connectivity index is 1.54. The number of aryl methyl sites for hydroxylation is 1. The fraction of sp³-hybridized carbons (Fsp3) is 0.250. The smallest absolute Gasteiger partial charge is 0.261 e. The molecule has 0 fully saturated rings. The van der Waals surface area contributed by atoms with E-state index in [0.717, 1.165) is 22.1 Å². The van der Waals surface area contributed by atoms with Gasteiger partial charge in [-0.2, -0.15) is 0 Å². The predicted octanol–water partition coefficient (Wildman–Crippen LogP) is 4.03. The molecule has 1 heterocycles. The lowest BCUT2D eigenvalue weighted by Gasteiger charge is -2.13. The van der Waals surface area contributed by atoms with Crippen LogP contribution in [0.15, 0.2) is 46.9 Å². The highest BCUT2D eigenvalue weighted by Gasteiger charge is 2.35. The van der Waals surface area contributed by atoms with Crippen molar-refractivity contribution in [3.8, 4) is 0 Å². The molecule has 0 aliphatic carbocycles. The van der Waals surface area contributed by atoms with Crippen LogP contribution in [0.1, 0.15) is 46.0 Å². The molecule has 1 N–H and O–H groups in total. The Morgan fingerprint density at radius 2 is 1.85 bits per heavy atom. The Kier molecular flexibility index (Phi) is 5.52. The number of imide groups is 1. The summed E-state index contributed by atoms with van der Waals surface area (Å²) in [6, 6.07) is 12.8. The van der Waals surface area contributed by atoms with Gasteiger partial charge in [0.25, 0.3) is 11.8 Å². The number of rotatable bonds is 6. The second-order valence-electron chi connectivity index (χ2n) is 6.16. The molecule has 1 aliphatic rings. The fourth-order valence-corrected chi connectivity index (χ4v) is 3.32. The summed E-state index contributed by atoms with van der Waals surface area (Å²) < 4.78 is 0.757. The average Bonchev–Trinajstić information content (AvgIpc) is 2.86. The molecule has 5 nitrogen and oxygen atoms in total. The highest BCUT2D eigenvalue weighted by atomic mass is 79.9. The molecule has 1 aliphatic heterocycles. The molecule has 0 unspecified atom stereocenters. The number of amides is 3. The molecule has 0 radical (unpaired) electrons. The van der Waals surface area contributed by atoms with Crippen LogP contribution >= 0.6 is 15.9 Å². The van der Waals surface area contributed by atoms with Crippen LogP contribution in [-0.4, -0.2) is 29.2 Å². The summed E-state index contributed by atoms with van der Waals surface area (Å²) in [6.07, 6.45) is 1.57. The van der Waals surface area contributed by atoms with Crippen LogP contribution in [0.4, 0.5) is 5.69 Å². The van der Waals surface area contributed by atoms with Gasteiger partial charge >= 0.3 is 0 Å². The lowest BCUT2D eigenvalue weighted by atomic mass is 10.1. The quantitative estimate of drug-likeness (QED) is 0.725. The normalized spacial score (nSPS) is 13.1. The van der Waals surface area contributed by atoms with Crippen molar-refractivity contribution in [2.75, 3.05) is 11.9 Å². The van der Waals surface area contributed by atoms with Crippen LogP contribution in [0.5, 0.6) is 0 Å². The van der Waals surface area contributed by atoms with E-state index in [2.05, 4.69) is 28.2 Å². The summed E-state index contributed by atoms with van der Waals surface area (Å²) in [5.41, 5.74) is 2.74. The van der Waals surface area contributed by atoms with Crippen LogP contribution in [0.2, 0.25) is 0 Å². The molecule has 0 atom stereocenters. The lowest BCUT2D eigenvalue weighted by molar-refractivity contribution is -0.116. The van der Waals surface area contributed by atoms with E-state index in [1.807, 2.05) is 24.3 Å². The Morgan fingerprint density at radius 1 is 1.08 bits per heavy atom. The zero-order valence-corrected chi connectivity index (χ0v) is 16.0. The van der Waals surface area contributed by atoms with Gasteiger partial charge in [-0.05, 0) is 48.7 Å². The number of nitrogens with one attached hydrogen (secondary N) is 1. The molecular formula is C20H19BrN2O3. The van der Waals surface area contributed by atoms with Crippen molar-refractivity contribution >= 4 is 39.3 Å². The minimum absolute atomic E-state index is 0.127. The van der Waals surface area contributed by atoms with E-state index in [0.29, 0.717) is 17.5 Å². The largest absolute Gasteiger partial charge is 0.326 e. The van der Waals surface area contributed by atoms with E-state index in [1.165, 1.54) is 4.90 Å². The molecule has 0 aromatic heterocycles. The summed E-state index contributed by atoms with van der Waals surface area (Å²) in [5.74, 6) is -0.728. The van der Waals surface area contributed by atoms with Crippen LogP contribution in [0.25, 0.3) is 0 Å². The van der Waals surface area contributed by atoms with Crippen LogP contribution in [0, 0.1) is 0 Å². The first kappa shape index (κ1) is 18.3. The standard InChI is InChI=1S/C20H19BrN2O3/c1-2-13-5-3-6-15(11-13)22-18(24)7-4-10-23-19(25)16-9-8-14(21)12-17(16)20(23)26/h3,5-6,8-9,11-12H,2,4,7,10H2,1H3,(H,22,24). The Bertz CT molecular complexity index is 879. The number of fused-ring (bicyclic) bond motifs is 1. The summed E-state index contributed by atoms with van der Waals surface area (Å²) in [4.78, 5) is 38.0. The number of halogens is 1. The zero-order valence-electron chi connectivity index (χ0n) is 14.4. The SMILES string of the molecule is CCc1cccc(NC(=O)CCCN2C(=O)c3ccc(Br)cc3C2=O)c1. The highest BCUT2D eigenvalue weighted by molar-refractivity contribution is 9.10. The molecule has 2 aromatic rings. The van der Waals surface area contributed by atoms with E-state index < -0.39 is 0 Å². The summed E-state index contributed by atoms with van der Waals surface area (Å²) in [6.45, 7) is 2.29. The van der Waals surface area contributed by atoms with Crippen molar-refractivity contribution in [2.24, 2.45) is 0 Å². The molecule has 2 aromatic carbocycles. The maximum absolute atomic E-state index is 12.4. The third kappa shape index (κ3) is 3.85. The molecule has 3 amide bonds. The van der Waals surface area contributed by atoms with Crippen molar-refractivity contribution in [3.05, 3.63) is 63.6 Å². The zero-order chi connectivity index (χ0) is 18.7. The van der Waals surface area contributed by atoms with Crippen molar-refractivity contribution in [1.82, 2.24) is 4.90 Å². The number of hydrogen-bond acceptors (Lipinski definition) is 3. The number of anilines is 1. The second kappa shape index (κ2) is 7.83. The van der Waals surface area contributed by atoms with Crippen LogP contribution < -0.4 is 5.32 Å². The van der Waals surface area contributed by atoms with Gasteiger partial charge in [-0.1, -0.05) is 35.0 Å². The molecule has 134 valence electrons. The van der Waals surface area contributed by atoms with Gasteiger partial charge in [-0.3, -0.25) is 19.3 Å². The van der Waals surface area contributed by atoms with Gasteiger partial charge in [0.15, 0.2) is 0 Å². The second-order valence-corrected chi connectivity index (χ2v) is 7.07. The third-order valence-electron chi connectivity index (χ3n) is 4.34. The average molecular weight is 415 g/mol. The minimum Gasteiger partial charge on any atom is -0.326 e. The van der Waals surface area contributed by atoms with Gasteiger partial charge in [0.05, 0.1) is 11.1 Å². The van der Waals surface area contributed by atoms with Gasteiger partial charge in [0.1, 0.15) is 0 Å². The monoisotopic (exact) mass is 414 g/mol. The molecule has 6 heteroatoms. The fourth-order valence-electron chi connectivity index (χ4n) is 2.96. The van der Waals surface area contributed by atoms with E-state index in [1.54, 1.807) is 18.2 Å². The van der Waals surface area contributed by atoms with E-state index in [-0.39, 0.29) is 30.7 Å². The number of hydrogen-bond donors (Lipinski definition) is 1. The molecule has 0 saturated heterocycles. The van der Waals surface area contributed by atoms with Gasteiger partial charge < -0.3 is 5.32 Å². The van der Waals surface area contributed by atoms with Crippen molar-refractivity contribution in [1.29, 1.82) is 0 Å². The molecule has 0 bridgehead atoms. The predicted molar refractivity (Wildman–Crippen MR) is 103 cm³/mol. The Labute approximate surface area is 160 Å². The van der Waals surface area contributed by atoms with Gasteiger partial charge in [-0.15, -0.1) is 0 Å². The molecule has 0 saturated carbocycles. The van der Waals surface area contributed by atoms with Crippen molar-refractivity contribution in [2.45, 2.75) is 26.2 Å². The molecule has 0 spiro atoms. The molecule has 3 rings (SSSR count). The molecular weight excluding hydrogens is 396 g/mol. The van der Waals surface area contributed by atoms with E-state index >= 15 is 0 Å². The lowest BCUT2D eigenvalue weighted by Crippen LogP contribution is -2.31. The van der Waals surface area contributed by atoms with Gasteiger partial charge in [0.2, 0.25) is 5.91 Å². The van der Waals surface area contributed by atoms with Crippen LogP contribution in [-0.2, 0) is 11.2 Å². The summed E-state index contributed by atoms with van der Waals surface area (Å²) in [5, 5.41) is 2.86.